The molecular weight excluding hydrogens is 174 g/mol. The summed E-state index contributed by atoms with van der Waals surface area (Å²) in [5.74, 6) is 0.829. The van der Waals surface area contributed by atoms with Gasteiger partial charge in [-0.3, -0.25) is 0 Å². The third kappa shape index (κ3) is 2.48. The van der Waals surface area contributed by atoms with Gasteiger partial charge in [-0.05, 0) is 58.5 Å². The summed E-state index contributed by atoms with van der Waals surface area (Å²) in [6.07, 6.45) is 6.45. The Labute approximate surface area is 87.6 Å². The fraction of sp³-hybridized carbons (Fsp3) is 1.00. The summed E-state index contributed by atoms with van der Waals surface area (Å²) in [6.45, 7) is 8.23. The largest absolute Gasteiger partial charge is 0.375 e. The van der Waals surface area contributed by atoms with Crippen molar-refractivity contribution in [2.45, 2.75) is 51.7 Å². The number of likely N-dealkylation sites (tertiary alicyclic amines) is 1. The fourth-order valence-electron chi connectivity index (χ4n) is 2.57. The number of rotatable bonds is 4. The molecule has 2 unspecified atom stereocenters. The normalized spacial score (nSPS) is 33.6. The highest BCUT2D eigenvalue weighted by atomic mass is 16.5. The van der Waals surface area contributed by atoms with Gasteiger partial charge < -0.3 is 9.64 Å². The zero-order valence-electron chi connectivity index (χ0n) is 9.54. The highest BCUT2D eigenvalue weighted by Gasteiger charge is 2.33. The van der Waals surface area contributed by atoms with Crippen LogP contribution in [0.5, 0.6) is 0 Å². The number of hydrogen-bond donors (Lipinski definition) is 0. The Morgan fingerprint density at radius 1 is 1.21 bits per heavy atom. The minimum absolute atomic E-state index is 0.404. The molecule has 2 heteroatoms. The Bertz CT molecular complexity index is 175. The predicted octanol–water partition coefficient (Wildman–Crippen LogP) is 2.29. The van der Waals surface area contributed by atoms with Crippen LogP contribution in [-0.4, -0.2) is 36.7 Å². The van der Waals surface area contributed by atoms with Crippen molar-refractivity contribution < 1.29 is 4.74 Å². The second-order valence-electron chi connectivity index (χ2n) is 5.07. The van der Waals surface area contributed by atoms with Gasteiger partial charge in [-0.1, -0.05) is 0 Å². The van der Waals surface area contributed by atoms with Crippen molar-refractivity contribution in [3.63, 3.8) is 0 Å². The van der Waals surface area contributed by atoms with E-state index in [1.807, 2.05) is 0 Å². The van der Waals surface area contributed by atoms with Crippen LogP contribution in [0.1, 0.15) is 39.5 Å². The summed E-state index contributed by atoms with van der Waals surface area (Å²) < 4.78 is 5.88. The van der Waals surface area contributed by atoms with Crippen molar-refractivity contribution in [1.82, 2.24) is 4.90 Å². The Morgan fingerprint density at radius 3 is 2.43 bits per heavy atom. The lowest BCUT2D eigenvalue weighted by Gasteiger charge is -2.39. The van der Waals surface area contributed by atoms with Crippen LogP contribution >= 0.6 is 0 Å². The summed E-state index contributed by atoms with van der Waals surface area (Å²) in [5, 5.41) is 0. The first-order valence-corrected chi connectivity index (χ1v) is 6.13. The van der Waals surface area contributed by atoms with Crippen molar-refractivity contribution in [2.75, 3.05) is 19.6 Å². The molecular formula is C12H23NO. The summed E-state index contributed by atoms with van der Waals surface area (Å²) >= 11 is 0. The van der Waals surface area contributed by atoms with Crippen LogP contribution in [0.4, 0.5) is 0 Å². The number of nitrogens with zero attached hydrogens (tertiary/aromatic N) is 1. The molecule has 0 radical (unpaired) electrons. The first-order chi connectivity index (χ1) is 6.75. The molecule has 2 atom stereocenters. The van der Waals surface area contributed by atoms with E-state index in [1.165, 1.54) is 45.3 Å². The molecule has 2 fully saturated rings. The van der Waals surface area contributed by atoms with Gasteiger partial charge in [-0.25, -0.2) is 0 Å². The second kappa shape index (κ2) is 4.63. The predicted molar refractivity (Wildman–Crippen MR) is 58.4 cm³/mol. The molecule has 0 aromatic rings. The van der Waals surface area contributed by atoms with Gasteiger partial charge in [0, 0.05) is 6.54 Å². The Hall–Kier alpha value is -0.0800. The minimum Gasteiger partial charge on any atom is -0.375 e. The van der Waals surface area contributed by atoms with E-state index in [4.69, 9.17) is 4.74 Å². The van der Waals surface area contributed by atoms with Crippen molar-refractivity contribution in [1.29, 1.82) is 0 Å². The Kier molecular flexibility index (Phi) is 3.45. The van der Waals surface area contributed by atoms with Crippen LogP contribution in [0.25, 0.3) is 0 Å². The highest BCUT2D eigenvalue weighted by Crippen LogP contribution is 2.32. The van der Waals surface area contributed by atoms with E-state index >= 15 is 0 Å². The lowest BCUT2D eigenvalue weighted by molar-refractivity contribution is -0.0831. The molecule has 0 N–H and O–H groups in total. The average Bonchev–Trinajstić information content (AvgIpc) is 2.61. The fourth-order valence-corrected chi connectivity index (χ4v) is 2.57. The lowest BCUT2D eigenvalue weighted by Crippen LogP contribution is -2.42. The van der Waals surface area contributed by atoms with Crippen LogP contribution < -0.4 is 0 Å². The van der Waals surface area contributed by atoms with Crippen molar-refractivity contribution in [3.8, 4) is 0 Å². The van der Waals surface area contributed by atoms with Gasteiger partial charge in [-0.15, -0.1) is 0 Å². The molecule has 1 saturated carbocycles. The van der Waals surface area contributed by atoms with Crippen LogP contribution in [0, 0.1) is 5.92 Å². The van der Waals surface area contributed by atoms with Crippen LogP contribution in [0.2, 0.25) is 0 Å². The summed E-state index contributed by atoms with van der Waals surface area (Å²) in [5.41, 5.74) is 0. The van der Waals surface area contributed by atoms with Gasteiger partial charge >= 0.3 is 0 Å². The third-order valence-electron chi connectivity index (χ3n) is 3.49. The molecule has 0 spiro atoms. The Morgan fingerprint density at radius 2 is 1.93 bits per heavy atom. The van der Waals surface area contributed by atoms with Gasteiger partial charge in [0.2, 0.25) is 0 Å². The standard InChI is InChI=1S/C12H23NO/c1-10(2)14-12-6-5-11(12)9-13-7-3-4-8-13/h10-12H,3-9H2,1-2H3. The lowest BCUT2D eigenvalue weighted by atomic mass is 9.81. The SMILES string of the molecule is CC(C)OC1CCC1CN1CCCC1. The molecule has 2 aliphatic rings. The summed E-state index contributed by atoms with van der Waals surface area (Å²) in [7, 11) is 0. The van der Waals surface area contributed by atoms with Crippen LogP contribution in [0.3, 0.4) is 0 Å². The van der Waals surface area contributed by atoms with Gasteiger partial charge in [0.05, 0.1) is 12.2 Å². The molecule has 1 aliphatic carbocycles. The molecule has 82 valence electrons. The molecule has 14 heavy (non-hydrogen) atoms. The van der Waals surface area contributed by atoms with E-state index in [2.05, 4.69) is 18.7 Å². The van der Waals surface area contributed by atoms with Gasteiger partial charge in [0.1, 0.15) is 0 Å². The minimum atomic E-state index is 0.404. The maximum Gasteiger partial charge on any atom is 0.0619 e. The quantitative estimate of drug-likeness (QED) is 0.685. The van der Waals surface area contributed by atoms with Gasteiger partial charge in [0.25, 0.3) is 0 Å². The molecule has 2 rings (SSSR count). The second-order valence-corrected chi connectivity index (χ2v) is 5.07. The molecule has 0 aromatic heterocycles. The van der Waals surface area contributed by atoms with Crippen molar-refractivity contribution in [2.24, 2.45) is 5.92 Å². The molecule has 0 bridgehead atoms. The highest BCUT2D eigenvalue weighted by molar-refractivity contribution is 4.85. The molecule has 1 aliphatic heterocycles. The van der Waals surface area contributed by atoms with Gasteiger partial charge in [-0.2, -0.15) is 0 Å². The average molecular weight is 197 g/mol. The van der Waals surface area contributed by atoms with E-state index in [1.54, 1.807) is 0 Å². The molecule has 0 aromatic carbocycles. The summed E-state index contributed by atoms with van der Waals surface area (Å²) in [4.78, 5) is 2.61. The van der Waals surface area contributed by atoms with Crippen LogP contribution in [0.15, 0.2) is 0 Å². The van der Waals surface area contributed by atoms with Crippen molar-refractivity contribution >= 4 is 0 Å². The van der Waals surface area contributed by atoms with E-state index in [0.29, 0.717) is 12.2 Å². The monoisotopic (exact) mass is 197 g/mol. The van der Waals surface area contributed by atoms with E-state index < -0.39 is 0 Å². The maximum atomic E-state index is 5.88. The van der Waals surface area contributed by atoms with E-state index in [9.17, 15) is 0 Å². The zero-order chi connectivity index (χ0) is 9.97. The van der Waals surface area contributed by atoms with E-state index in [0.717, 1.165) is 5.92 Å². The first kappa shape index (κ1) is 10.4. The maximum absolute atomic E-state index is 5.88. The Balaban J connectivity index is 1.70. The summed E-state index contributed by atoms with van der Waals surface area (Å²) in [6, 6.07) is 0. The molecule has 2 nitrogen and oxygen atoms in total. The first-order valence-electron chi connectivity index (χ1n) is 6.13. The van der Waals surface area contributed by atoms with E-state index in [-0.39, 0.29) is 0 Å². The van der Waals surface area contributed by atoms with Gasteiger partial charge in [0.15, 0.2) is 0 Å². The molecule has 1 heterocycles. The third-order valence-corrected chi connectivity index (χ3v) is 3.49. The zero-order valence-corrected chi connectivity index (χ0v) is 9.54. The number of ether oxygens (including phenoxy) is 1. The smallest absolute Gasteiger partial charge is 0.0619 e. The molecule has 0 amide bonds. The topological polar surface area (TPSA) is 12.5 Å². The molecule has 1 saturated heterocycles. The van der Waals surface area contributed by atoms with Crippen LogP contribution in [-0.2, 0) is 4.74 Å². The van der Waals surface area contributed by atoms with Crippen molar-refractivity contribution in [3.05, 3.63) is 0 Å². The number of hydrogen-bond acceptors (Lipinski definition) is 2.